The fourth-order valence-corrected chi connectivity index (χ4v) is 1.95. The molecule has 0 unspecified atom stereocenters. The summed E-state index contributed by atoms with van der Waals surface area (Å²) in [4.78, 5) is 26.6. The van der Waals surface area contributed by atoms with Gasteiger partial charge >= 0.3 is 11.7 Å². The minimum absolute atomic E-state index is 0.0525. The van der Waals surface area contributed by atoms with Gasteiger partial charge in [-0.25, -0.2) is 4.98 Å². The van der Waals surface area contributed by atoms with Crippen LogP contribution in [0.3, 0.4) is 0 Å². The van der Waals surface area contributed by atoms with Crippen molar-refractivity contribution in [3.63, 3.8) is 0 Å². The Bertz CT molecular complexity index is 592. The van der Waals surface area contributed by atoms with Crippen LogP contribution in [0.2, 0.25) is 0 Å². The zero-order chi connectivity index (χ0) is 14.7. The second-order valence-corrected chi connectivity index (χ2v) is 4.62. The maximum atomic E-state index is 11.1. The smallest absolute Gasteiger partial charge is 0.329 e. The lowest BCUT2D eigenvalue weighted by atomic mass is 10.2. The van der Waals surface area contributed by atoms with Crippen molar-refractivity contribution in [1.82, 2.24) is 4.98 Å². The minimum Gasteiger partial charge on any atom is -0.480 e. The van der Waals surface area contributed by atoms with Crippen molar-refractivity contribution in [3.05, 3.63) is 27.9 Å². The number of nitriles is 1. The van der Waals surface area contributed by atoms with Crippen LogP contribution in [0.1, 0.15) is 18.4 Å². The third kappa shape index (κ3) is 3.00. The summed E-state index contributed by atoms with van der Waals surface area (Å²) >= 11 is 0. The summed E-state index contributed by atoms with van der Waals surface area (Å²) in [5.74, 6) is -0.811. The molecule has 104 valence electrons. The van der Waals surface area contributed by atoms with Gasteiger partial charge in [-0.3, -0.25) is 14.9 Å². The van der Waals surface area contributed by atoms with Crippen LogP contribution in [0.15, 0.2) is 12.3 Å². The van der Waals surface area contributed by atoms with Gasteiger partial charge in [-0.2, -0.15) is 5.26 Å². The summed E-state index contributed by atoms with van der Waals surface area (Å²) in [7, 11) is 0. The van der Waals surface area contributed by atoms with Gasteiger partial charge in [-0.15, -0.1) is 0 Å². The molecule has 0 radical (unpaired) electrons. The average molecular weight is 276 g/mol. The molecular weight excluding hydrogens is 264 g/mol. The van der Waals surface area contributed by atoms with Crippen molar-refractivity contribution < 1.29 is 14.8 Å². The summed E-state index contributed by atoms with van der Waals surface area (Å²) in [6, 6.07) is 2.99. The van der Waals surface area contributed by atoms with E-state index in [1.54, 1.807) is 6.07 Å². The molecule has 0 saturated heterocycles. The molecule has 0 spiro atoms. The molecule has 20 heavy (non-hydrogen) atoms. The first-order valence-corrected chi connectivity index (χ1v) is 6.03. The third-order valence-electron chi connectivity index (χ3n) is 3.01. The van der Waals surface area contributed by atoms with Gasteiger partial charge in [0.1, 0.15) is 18.2 Å². The molecule has 1 aliphatic carbocycles. The third-order valence-corrected chi connectivity index (χ3v) is 3.01. The predicted molar refractivity (Wildman–Crippen MR) is 68.2 cm³/mol. The number of anilines is 1. The van der Waals surface area contributed by atoms with E-state index in [2.05, 4.69) is 4.98 Å². The number of carbonyl (C=O) groups is 1. The van der Waals surface area contributed by atoms with Gasteiger partial charge in [0.05, 0.1) is 4.92 Å². The summed E-state index contributed by atoms with van der Waals surface area (Å²) in [5.41, 5.74) is -0.553. The Morgan fingerprint density at radius 2 is 2.35 bits per heavy atom. The molecule has 8 heteroatoms. The monoisotopic (exact) mass is 276 g/mol. The van der Waals surface area contributed by atoms with Crippen LogP contribution in [0.5, 0.6) is 0 Å². The fraction of sp³-hybridized carbons (Fsp3) is 0.417. The summed E-state index contributed by atoms with van der Waals surface area (Å²) in [6.07, 6.45) is 3.23. The Hall–Kier alpha value is -2.69. The molecule has 0 amide bonds. The van der Waals surface area contributed by atoms with Gasteiger partial charge in [0.2, 0.25) is 5.82 Å². The Labute approximate surface area is 114 Å². The predicted octanol–water partition coefficient (Wildman–Crippen LogP) is 1.16. The molecule has 8 nitrogen and oxygen atoms in total. The number of aromatic nitrogens is 1. The lowest BCUT2D eigenvalue weighted by molar-refractivity contribution is -0.384. The number of hydrogen-bond acceptors (Lipinski definition) is 6. The van der Waals surface area contributed by atoms with Crippen LogP contribution in [0.25, 0.3) is 0 Å². The van der Waals surface area contributed by atoms with E-state index in [4.69, 9.17) is 10.4 Å². The average Bonchev–Trinajstić information content (AvgIpc) is 3.20. The molecule has 1 saturated carbocycles. The van der Waals surface area contributed by atoms with Gasteiger partial charge in [0, 0.05) is 12.7 Å². The number of rotatable bonds is 6. The van der Waals surface area contributed by atoms with Gasteiger partial charge in [-0.1, -0.05) is 0 Å². The number of carboxylic acid groups (broad SMARTS) is 1. The van der Waals surface area contributed by atoms with Crippen molar-refractivity contribution in [2.24, 2.45) is 5.92 Å². The number of hydrogen-bond donors (Lipinski definition) is 1. The van der Waals surface area contributed by atoms with Gasteiger partial charge in [-0.05, 0) is 24.8 Å². The van der Waals surface area contributed by atoms with Gasteiger partial charge in [0.15, 0.2) is 0 Å². The van der Waals surface area contributed by atoms with Gasteiger partial charge < -0.3 is 10.0 Å². The molecule has 1 heterocycles. The maximum Gasteiger partial charge on any atom is 0.329 e. The van der Waals surface area contributed by atoms with Crippen molar-refractivity contribution >= 4 is 17.5 Å². The Morgan fingerprint density at radius 3 is 2.85 bits per heavy atom. The maximum absolute atomic E-state index is 11.1. The van der Waals surface area contributed by atoms with E-state index >= 15 is 0 Å². The van der Waals surface area contributed by atoms with Crippen LogP contribution >= 0.6 is 0 Å². The molecule has 1 aromatic rings. The number of nitro groups is 1. The lowest BCUT2D eigenvalue weighted by Crippen LogP contribution is -2.33. The highest BCUT2D eigenvalue weighted by Crippen LogP contribution is 2.34. The van der Waals surface area contributed by atoms with E-state index in [0.29, 0.717) is 12.5 Å². The molecule has 0 atom stereocenters. The molecule has 2 rings (SSSR count). The molecule has 0 bridgehead atoms. The zero-order valence-corrected chi connectivity index (χ0v) is 10.5. The van der Waals surface area contributed by atoms with E-state index in [1.807, 2.05) is 0 Å². The van der Waals surface area contributed by atoms with Crippen molar-refractivity contribution in [2.75, 3.05) is 18.0 Å². The van der Waals surface area contributed by atoms with Crippen LogP contribution in [0, 0.1) is 27.4 Å². The largest absolute Gasteiger partial charge is 0.480 e. The van der Waals surface area contributed by atoms with Crippen LogP contribution < -0.4 is 4.90 Å². The number of aliphatic carboxylic acids is 1. The second-order valence-electron chi connectivity index (χ2n) is 4.62. The summed E-state index contributed by atoms with van der Waals surface area (Å²) in [6.45, 7) is 0.0221. The standard InChI is InChI=1S/C12H12N4O4/c13-5-9-3-4-14-12(11(9)16(19)20)15(7-10(17)18)6-8-1-2-8/h3-4,8H,1-2,6-7H2,(H,17,18). The van der Waals surface area contributed by atoms with Crippen molar-refractivity contribution in [3.8, 4) is 6.07 Å². The van der Waals surface area contributed by atoms with E-state index in [0.717, 1.165) is 12.8 Å². The SMILES string of the molecule is N#Cc1ccnc(N(CC(=O)O)CC2CC2)c1[N+](=O)[O-]. The molecule has 1 N–H and O–H groups in total. The summed E-state index contributed by atoms with van der Waals surface area (Å²) in [5, 5.41) is 29.0. The molecule has 1 fully saturated rings. The Morgan fingerprint density at radius 1 is 1.65 bits per heavy atom. The van der Waals surface area contributed by atoms with Gasteiger partial charge in [0.25, 0.3) is 0 Å². The highest BCUT2D eigenvalue weighted by atomic mass is 16.6. The van der Waals surface area contributed by atoms with Crippen molar-refractivity contribution in [2.45, 2.75) is 12.8 Å². The Kier molecular flexibility index (Phi) is 3.79. The van der Waals surface area contributed by atoms with E-state index in [-0.39, 0.29) is 17.9 Å². The highest BCUT2D eigenvalue weighted by Gasteiger charge is 2.31. The molecule has 1 aliphatic rings. The molecule has 0 aromatic carbocycles. The van der Waals surface area contributed by atoms with Crippen LogP contribution in [0.4, 0.5) is 11.5 Å². The van der Waals surface area contributed by atoms with E-state index in [9.17, 15) is 14.9 Å². The normalized spacial score (nSPS) is 13.6. The quantitative estimate of drug-likeness (QED) is 0.611. The lowest BCUT2D eigenvalue weighted by Gasteiger charge is -2.21. The van der Waals surface area contributed by atoms with Crippen LogP contribution in [-0.2, 0) is 4.79 Å². The first kappa shape index (κ1) is 13.7. The second kappa shape index (κ2) is 5.52. The number of pyridine rings is 1. The first-order chi connectivity index (χ1) is 9.52. The van der Waals surface area contributed by atoms with Crippen molar-refractivity contribution in [1.29, 1.82) is 5.26 Å². The minimum atomic E-state index is -1.09. The molecule has 1 aromatic heterocycles. The van der Waals surface area contributed by atoms with Crippen LogP contribution in [-0.4, -0.2) is 34.1 Å². The summed E-state index contributed by atoms with van der Waals surface area (Å²) < 4.78 is 0. The van der Waals surface area contributed by atoms with E-state index in [1.165, 1.54) is 17.2 Å². The topological polar surface area (TPSA) is 120 Å². The number of nitrogens with zero attached hydrogens (tertiary/aromatic N) is 4. The van der Waals surface area contributed by atoms with E-state index < -0.39 is 16.6 Å². The zero-order valence-electron chi connectivity index (χ0n) is 10.5. The molecular formula is C12H12N4O4. The highest BCUT2D eigenvalue weighted by molar-refractivity contribution is 5.76. The molecule has 0 aliphatic heterocycles. The first-order valence-electron chi connectivity index (χ1n) is 6.03. The fourth-order valence-electron chi connectivity index (χ4n) is 1.95. The Balaban J connectivity index is 2.43. The number of carboxylic acids is 1.